The van der Waals surface area contributed by atoms with Gasteiger partial charge in [-0.05, 0) is 17.7 Å². The van der Waals surface area contributed by atoms with Crippen LogP contribution in [-0.2, 0) is 16.6 Å². The lowest BCUT2D eigenvalue weighted by Gasteiger charge is -2.18. The molecule has 0 spiro atoms. The molecular formula is C15H14FN3O3. The van der Waals surface area contributed by atoms with Crippen LogP contribution in [0.2, 0.25) is 0 Å². The minimum atomic E-state index is -1.22. The number of imidazole rings is 1. The maximum absolute atomic E-state index is 13.1. The normalized spacial score (nSPS) is 12.3. The summed E-state index contributed by atoms with van der Waals surface area (Å²) < 4.78 is 14.8. The molecule has 0 saturated carbocycles. The van der Waals surface area contributed by atoms with Crippen molar-refractivity contribution in [2.24, 2.45) is 7.05 Å². The Balaban J connectivity index is 2.30. The predicted octanol–water partition coefficient (Wildman–Crippen LogP) is 1.41. The minimum Gasteiger partial charge on any atom is -0.478 e. The third-order valence-corrected chi connectivity index (χ3v) is 2.98. The van der Waals surface area contributed by atoms with Crippen LogP contribution in [0.1, 0.15) is 17.4 Å². The van der Waals surface area contributed by atoms with Crippen molar-refractivity contribution < 1.29 is 19.1 Å². The van der Waals surface area contributed by atoms with Crippen molar-refractivity contribution in [3.63, 3.8) is 0 Å². The Bertz CT molecular complexity index is 707. The van der Waals surface area contributed by atoms with Crippen LogP contribution in [0.4, 0.5) is 4.39 Å². The molecule has 1 atom stereocenters. The number of hydrogen-bond acceptors (Lipinski definition) is 3. The van der Waals surface area contributed by atoms with Gasteiger partial charge in [-0.2, -0.15) is 0 Å². The Hall–Kier alpha value is -2.96. The van der Waals surface area contributed by atoms with E-state index in [1.165, 1.54) is 24.3 Å². The molecule has 0 aliphatic heterocycles. The summed E-state index contributed by atoms with van der Waals surface area (Å²) in [5, 5.41) is 11.2. The highest BCUT2D eigenvalue weighted by Gasteiger charge is 2.19. The van der Waals surface area contributed by atoms with Crippen LogP contribution in [0.5, 0.6) is 0 Å². The molecule has 0 aliphatic carbocycles. The molecule has 0 radical (unpaired) electrons. The number of carboxylic acid groups (broad SMARTS) is 1. The van der Waals surface area contributed by atoms with Crippen molar-refractivity contribution in [1.82, 2.24) is 14.9 Å². The lowest BCUT2D eigenvalue weighted by atomic mass is 10.1. The van der Waals surface area contributed by atoms with Gasteiger partial charge in [0.2, 0.25) is 5.91 Å². The standard InChI is InChI=1S/C15H14FN3O3/c1-19-9-8-17-15(19)14(10-2-4-11(16)5-3-10)18-12(20)6-7-13(21)22/h2-9,14H,1H3,(H,18,20)(H,21,22)/b7-6-. The maximum atomic E-state index is 13.1. The zero-order valence-corrected chi connectivity index (χ0v) is 11.7. The number of aromatic nitrogens is 2. The Morgan fingerprint density at radius 1 is 1.32 bits per heavy atom. The smallest absolute Gasteiger partial charge is 0.328 e. The van der Waals surface area contributed by atoms with Gasteiger partial charge >= 0.3 is 5.97 Å². The topological polar surface area (TPSA) is 84.2 Å². The first kappa shape index (κ1) is 15.4. The van der Waals surface area contributed by atoms with Crippen LogP contribution in [0.25, 0.3) is 0 Å². The van der Waals surface area contributed by atoms with Crippen molar-refractivity contribution in [3.05, 3.63) is 66.0 Å². The fraction of sp³-hybridized carbons (Fsp3) is 0.133. The average Bonchev–Trinajstić information content (AvgIpc) is 2.90. The van der Waals surface area contributed by atoms with Crippen molar-refractivity contribution in [2.75, 3.05) is 0 Å². The Morgan fingerprint density at radius 3 is 2.55 bits per heavy atom. The molecule has 0 fully saturated rings. The van der Waals surface area contributed by atoms with Gasteiger partial charge in [-0.1, -0.05) is 12.1 Å². The lowest BCUT2D eigenvalue weighted by molar-refractivity contribution is -0.131. The van der Waals surface area contributed by atoms with E-state index in [1.807, 2.05) is 0 Å². The van der Waals surface area contributed by atoms with E-state index < -0.39 is 17.9 Å². The number of halogens is 1. The second-order valence-corrected chi connectivity index (χ2v) is 4.56. The summed E-state index contributed by atoms with van der Waals surface area (Å²) in [5.41, 5.74) is 0.632. The molecule has 1 aromatic carbocycles. The van der Waals surface area contributed by atoms with E-state index in [1.54, 1.807) is 24.0 Å². The molecule has 114 valence electrons. The number of amides is 1. The third kappa shape index (κ3) is 3.78. The Morgan fingerprint density at radius 2 is 2.00 bits per heavy atom. The molecule has 2 aromatic rings. The fourth-order valence-corrected chi connectivity index (χ4v) is 1.94. The van der Waals surface area contributed by atoms with Gasteiger partial charge in [0.1, 0.15) is 17.7 Å². The Labute approximate surface area is 125 Å². The molecule has 7 heteroatoms. The van der Waals surface area contributed by atoms with Crippen LogP contribution in [0.3, 0.4) is 0 Å². The molecule has 2 N–H and O–H groups in total. The molecule has 0 saturated heterocycles. The number of nitrogens with one attached hydrogen (secondary N) is 1. The first-order chi connectivity index (χ1) is 10.5. The maximum Gasteiger partial charge on any atom is 0.328 e. The van der Waals surface area contributed by atoms with E-state index in [-0.39, 0.29) is 5.82 Å². The van der Waals surface area contributed by atoms with Crippen molar-refractivity contribution in [2.45, 2.75) is 6.04 Å². The zero-order valence-electron chi connectivity index (χ0n) is 11.7. The van der Waals surface area contributed by atoms with Gasteiger partial charge in [0, 0.05) is 31.6 Å². The van der Waals surface area contributed by atoms with Gasteiger partial charge in [0.25, 0.3) is 0 Å². The van der Waals surface area contributed by atoms with Gasteiger partial charge in [-0.25, -0.2) is 14.2 Å². The molecule has 0 bridgehead atoms. The zero-order chi connectivity index (χ0) is 16.1. The summed E-state index contributed by atoms with van der Waals surface area (Å²) in [6.07, 6.45) is 4.95. The molecule has 6 nitrogen and oxygen atoms in total. The van der Waals surface area contributed by atoms with E-state index in [9.17, 15) is 14.0 Å². The predicted molar refractivity (Wildman–Crippen MR) is 76.4 cm³/mol. The second kappa shape index (κ2) is 6.66. The number of nitrogens with zero attached hydrogens (tertiary/aromatic N) is 2. The fourth-order valence-electron chi connectivity index (χ4n) is 1.94. The number of benzene rings is 1. The molecule has 2 rings (SSSR count). The van der Waals surface area contributed by atoms with E-state index in [2.05, 4.69) is 10.3 Å². The summed E-state index contributed by atoms with van der Waals surface area (Å²) in [6, 6.07) is 5.02. The number of carbonyl (C=O) groups is 2. The molecule has 1 heterocycles. The van der Waals surface area contributed by atoms with Crippen LogP contribution < -0.4 is 5.32 Å². The first-order valence-corrected chi connectivity index (χ1v) is 6.41. The van der Waals surface area contributed by atoms with Gasteiger partial charge < -0.3 is 15.0 Å². The number of rotatable bonds is 5. The first-order valence-electron chi connectivity index (χ1n) is 6.41. The van der Waals surface area contributed by atoms with Crippen LogP contribution in [0.15, 0.2) is 48.8 Å². The van der Waals surface area contributed by atoms with E-state index >= 15 is 0 Å². The Kier molecular flexibility index (Phi) is 4.67. The highest BCUT2D eigenvalue weighted by Crippen LogP contribution is 2.20. The highest BCUT2D eigenvalue weighted by molar-refractivity contribution is 5.94. The second-order valence-electron chi connectivity index (χ2n) is 4.56. The van der Waals surface area contributed by atoms with Crippen molar-refractivity contribution in [3.8, 4) is 0 Å². The molecule has 1 amide bonds. The van der Waals surface area contributed by atoms with E-state index in [0.29, 0.717) is 11.4 Å². The quantitative estimate of drug-likeness (QED) is 0.818. The van der Waals surface area contributed by atoms with Gasteiger partial charge in [0.05, 0.1) is 0 Å². The van der Waals surface area contributed by atoms with Crippen molar-refractivity contribution >= 4 is 11.9 Å². The van der Waals surface area contributed by atoms with Crippen LogP contribution in [0, 0.1) is 5.82 Å². The number of carbonyl (C=O) groups excluding carboxylic acids is 1. The lowest BCUT2D eigenvalue weighted by Crippen LogP contribution is -2.29. The average molecular weight is 303 g/mol. The summed E-state index contributed by atoms with van der Waals surface area (Å²) in [6.45, 7) is 0. The van der Waals surface area contributed by atoms with Crippen LogP contribution >= 0.6 is 0 Å². The summed E-state index contributed by atoms with van der Waals surface area (Å²) in [4.78, 5) is 26.5. The number of aryl methyl sites for hydroxylation is 1. The largest absolute Gasteiger partial charge is 0.478 e. The highest BCUT2D eigenvalue weighted by atomic mass is 19.1. The molecule has 1 aromatic heterocycles. The van der Waals surface area contributed by atoms with Crippen LogP contribution in [-0.4, -0.2) is 26.5 Å². The summed E-state index contributed by atoms with van der Waals surface area (Å²) in [5.74, 6) is -1.65. The van der Waals surface area contributed by atoms with Gasteiger partial charge in [-0.3, -0.25) is 4.79 Å². The number of hydrogen-bond donors (Lipinski definition) is 2. The SMILES string of the molecule is Cn1ccnc1C(NC(=O)/C=C\C(=O)O)c1ccc(F)cc1. The summed E-state index contributed by atoms with van der Waals surface area (Å²) in [7, 11) is 1.76. The molecular weight excluding hydrogens is 289 g/mol. The van der Waals surface area contributed by atoms with Gasteiger partial charge in [-0.15, -0.1) is 0 Å². The third-order valence-electron chi connectivity index (χ3n) is 2.98. The number of carboxylic acids is 1. The molecule has 0 aliphatic rings. The van der Waals surface area contributed by atoms with Gasteiger partial charge in [0.15, 0.2) is 0 Å². The van der Waals surface area contributed by atoms with E-state index in [0.717, 1.165) is 12.2 Å². The van der Waals surface area contributed by atoms with Crippen molar-refractivity contribution in [1.29, 1.82) is 0 Å². The summed E-state index contributed by atoms with van der Waals surface area (Å²) >= 11 is 0. The molecule has 22 heavy (non-hydrogen) atoms. The molecule has 1 unspecified atom stereocenters. The number of aliphatic carboxylic acids is 1. The van der Waals surface area contributed by atoms with E-state index in [4.69, 9.17) is 5.11 Å². The monoisotopic (exact) mass is 303 g/mol. The minimum absolute atomic E-state index is 0.389.